The zero-order valence-corrected chi connectivity index (χ0v) is 14.6. The molecule has 8 heteroatoms. The van der Waals surface area contributed by atoms with Gasteiger partial charge in [0.2, 0.25) is 10.0 Å². The summed E-state index contributed by atoms with van der Waals surface area (Å²) in [4.78, 5) is 12.2. The van der Waals surface area contributed by atoms with Crippen molar-refractivity contribution < 1.29 is 27.8 Å². The highest BCUT2D eigenvalue weighted by Crippen LogP contribution is 2.29. The van der Waals surface area contributed by atoms with Crippen LogP contribution in [0.1, 0.15) is 29.8 Å². The number of esters is 1. The van der Waals surface area contributed by atoms with Crippen molar-refractivity contribution in [3.63, 3.8) is 0 Å². The SMILES string of the molecule is C=CS(=O)(=O)NC/C=C/c1cc(OC)cc(O)c1C(=O)OC(C)C. The summed E-state index contributed by atoms with van der Waals surface area (Å²) in [6, 6.07) is 2.84. The number of rotatable bonds is 8. The first-order chi connectivity index (χ1) is 11.2. The zero-order chi connectivity index (χ0) is 18.3. The molecular weight excluding hydrogens is 334 g/mol. The average Bonchev–Trinajstić information content (AvgIpc) is 2.50. The van der Waals surface area contributed by atoms with Gasteiger partial charge in [-0.25, -0.2) is 17.9 Å². The highest BCUT2D eigenvalue weighted by atomic mass is 32.2. The Morgan fingerprint density at radius 3 is 2.62 bits per heavy atom. The van der Waals surface area contributed by atoms with Gasteiger partial charge in [-0.15, -0.1) is 0 Å². The molecule has 24 heavy (non-hydrogen) atoms. The van der Waals surface area contributed by atoms with Gasteiger partial charge in [0.25, 0.3) is 0 Å². The molecule has 0 aliphatic rings. The Kier molecular flexibility index (Phi) is 6.99. The molecule has 7 nitrogen and oxygen atoms in total. The van der Waals surface area contributed by atoms with E-state index in [1.165, 1.54) is 31.4 Å². The smallest absolute Gasteiger partial charge is 0.342 e. The molecule has 1 aromatic rings. The molecule has 0 amide bonds. The van der Waals surface area contributed by atoms with Crippen molar-refractivity contribution in [2.24, 2.45) is 0 Å². The minimum atomic E-state index is -3.54. The fraction of sp³-hybridized carbons (Fsp3) is 0.312. The van der Waals surface area contributed by atoms with Crippen LogP contribution in [0.5, 0.6) is 11.5 Å². The first-order valence-corrected chi connectivity index (χ1v) is 8.65. The van der Waals surface area contributed by atoms with Crippen molar-refractivity contribution in [2.75, 3.05) is 13.7 Å². The Morgan fingerprint density at radius 2 is 2.08 bits per heavy atom. The summed E-state index contributed by atoms with van der Waals surface area (Å²) in [5, 5.41) is 10.9. The number of aromatic hydroxyl groups is 1. The predicted octanol–water partition coefficient (Wildman–Crippen LogP) is 2.04. The number of nitrogens with one attached hydrogen (secondary N) is 1. The third-order valence-corrected chi connectivity index (χ3v) is 3.83. The summed E-state index contributed by atoms with van der Waals surface area (Å²) in [7, 11) is -2.12. The molecule has 0 unspecified atom stereocenters. The molecule has 0 aliphatic carbocycles. The molecule has 0 heterocycles. The fourth-order valence-corrected chi connectivity index (χ4v) is 2.22. The molecule has 1 aromatic carbocycles. The van der Waals surface area contributed by atoms with E-state index in [0.29, 0.717) is 11.3 Å². The Morgan fingerprint density at radius 1 is 1.42 bits per heavy atom. The first kappa shape index (κ1) is 19.7. The zero-order valence-electron chi connectivity index (χ0n) is 13.8. The van der Waals surface area contributed by atoms with Crippen molar-refractivity contribution in [1.82, 2.24) is 4.72 Å². The maximum Gasteiger partial charge on any atom is 0.342 e. The molecule has 0 bridgehead atoms. The fourth-order valence-electron chi connectivity index (χ4n) is 1.78. The van der Waals surface area contributed by atoms with Gasteiger partial charge in [-0.1, -0.05) is 18.7 Å². The summed E-state index contributed by atoms with van der Waals surface area (Å²) >= 11 is 0. The monoisotopic (exact) mass is 355 g/mol. The highest BCUT2D eigenvalue weighted by molar-refractivity contribution is 7.92. The van der Waals surface area contributed by atoms with Crippen molar-refractivity contribution >= 4 is 22.1 Å². The molecule has 1 rings (SSSR count). The average molecular weight is 355 g/mol. The van der Waals surface area contributed by atoms with Crippen LogP contribution in [0.25, 0.3) is 6.08 Å². The number of carbonyl (C=O) groups is 1. The number of phenols is 1. The minimum Gasteiger partial charge on any atom is -0.507 e. The molecule has 132 valence electrons. The van der Waals surface area contributed by atoms with Gasteiger partial charge in [-0.3, -0.25) is 0 Å². The number of methoxy groups -OCH3 is 1. The number of hydrogen-bond donors (Lipinski definition) is 2. The molecule has 2 N–H and O–H groups in total. The molecule has 0 radical (unpaired) electrons. The molecule has 0 fully saturated rings. The van der Waals surface area contributed by atoms with E-state index in [0.717, 1.165) is 5.41 Å². The normalized spacial score (nSPS) is 11.7. The van der Waals surface area contributed by atoms with Crippen LogP contribution < -0.4 is 9.46 Å². The van der Waals surface area contributed by atoms with Crippen LogP contribution in [0.15, 0.2) is 30.2 Å². The maximum absolute atomic E-state index is 12.2. The van der Waals surface area contributed by atoms with Crippen LogP contribution >= 0.6 is 0 Å². The van der Waals surface area contributed by atoms with Gasteiger partial charge in [0, 0.05) is 18.0 Å². The lowest BCUT2D eigenvalue weighted by Crippen LogP contribution is -2.20. The van der Waals surface area contributed by atoms with Gasteiger partial charge < -0.3 is 14.6 Å². The molecule has 0 aromatic heterocycles. The second-order valence-corrected chi connectivity index (χ2v) is 6.74. The molecule has 0 aliphatic heterocycles. The van der Waals surface area contributed by atoms with E-state index in [2.05, 4.69) is 11.3 Å². The number of phenolic OH excluding ortho intramolecular Hbond substituents is 1. The lowest BCUT2D eigenvalue weighted by Gasteiger charge is -2.13. The summed E-state index contributed by atoms with van der Waals surface area (Å²) in [6.45, 7) is 6.56. The van der Waals surface area contributed by atoms with E-state index < -0.39 is 16.0 Å². The van der Waals surface area contributed by atoms with E-state index in [9.17, 15) is 18.3 Å². The standard InChI is InChI=1S/C16H21NO6S/c1-5-24(20,21)17-8-6-7-12-9-13(22-4)10-14(18)15(12)16(19)23-11(2)3/h5-7,9-11,17-18H,1,8H2,2-4H3/b7-6+. The van der Waals surface area contributed by atoms with E-state index in [1.807, 2.05) is 0 Å². The van der Waals surface area contributed by atoms with Gasteiger partial charge in [-0.2, -0.15) is 0 Å². The third-order valence-electron chi connectivity index (χ3n) is 2.82. The topological polar surface area (TPSA) is 102 Å². The van der Waals surface area contributed by atoms with Gasteiger partial charge in [-0.05, 0) is 25.5 Å². The van der Waals surface area contributed by atoms with Gasteiger partial charge in [0.1, 0.15) is 17.1 Å². The lowest BCUT2D eigenvalue weighted by molar-refractivity contribution is 0.0374. The molecular formula is C16H21NO6S. The number of sulfonamides is 1. The summed E-state index contributed by atoms with van der Waals surface area (Å²) in [5.74, 6) is -0.622. The second kappa shape index (κ2) is 8.51. The minimum absolute atomic E-state index is 0.00894. The van der Waals surface area contributed by atoms with Crippen molar-refractivity contribution in [1.29, 1.82) is 0 Å². The van der Waals surface area contributed by atoms with Crippen LogP contribution in [-0.2, 0) is 14.8 Å². The predicted molar refractivity (Wildman–Crippen MR) is 91.4 cm³/mol. The number of carbonyl (C=O) groups excluding carboxylic acids is 1. The van der Waals surface area contributed by atoms with E-state index in [4.69, 9.17) is 9.47 Å². The van der Waals surface area contributed by atoms with Crippen molar-refractivity contribution in [3.05, 3.63) is 41.3 Å². The highest BCUT2D eigenvalue weighted by Gasteiger charge is 2.19. The number of hydrogen-bond acceptors (Lipinski definition) is 6. The van der Waals surface area contributed by atoms with Gasteiger partial charge >= 0.3 is 5.97 Å². The van der Waals surface area contributed by atoms with E-state index in [-0.39, 0.29) is 24.0 Å². The van der Waals surface area contributed by atoms with Crippen LogP contribution in [0.3, 0.4) is 0 Å². The second-order valence-electron chi connectivity index (χ2n) is 5.03. The maximum atomic E-state index is 12.2. The molecule has 0 saturated carbocycles. The van der Waals surface area contributed by atoms with Gasteiger partial charge in [0.05, 0.1) is 13.2 Å². The Hall–Kier alpha value is -2.32. The molecule has 0 spiro atoms. The Balaban J connectivity index is 3.12. The summed E-state index contributed by atoms with van der Waals surface area (Å²) in [5.41, 5.74) is 0.322. The Bertz CT molecular complexity index is 737. The van der Waals surface area contributed by atoms with Crippen molar-refractivity contribution in [3.8, 4) is 11.5 Å². The quantitative estimate of drug-likeness (QED) is 0.692. The first-order valence-electron chi connectivity index (χ1n) is 7.10. The van der Waals surface area contributed by atoms with E-state index >= 15 is 0 Å². The van der Waals surface area contributed by atoms with Crippen LogP contribution in [-0.4, -0.2) is 39.3 Å². The lowest BCUT2D eigenvalue weighted by atomic mass is 10.0. The number of benzene rings is 1. The Labute approximate surface area is 141 Å². The number of ether oxygens (including phenoxy) is 2. The van der Waals surface area contributed by atoms with Crippen LogP contribution in [0, 0.1) is 0 Å². The van der Waals surface area contributed by atoms with Crippen LogP contribution in [0.2, 0.25) is 0 Å². The largest absolute Gasteiger partial charge is 0.507 e. The summed E-state index contributed by atoms with van der Waals surface area (Å²) < 4.78 is 35.0. The van der Waals surface area contributed by atoms with Crippen molar-refractivity contribution in [2.45, 2.75) is 20.0 Å². The molecule has 0 saturated heterocycles. The molecule has 0 atom stereocenters. The summed E-state index contributed by atoms with van der Waals surface area (Å²) in [6.07, 6.45) is 2.63. The third kappa shape index (κ3) is 5.71. The van der Waals surface area contributed by atoms with E-state index in [1.54, 1.807) is 13.8 Å². The van der Waals surface area contributed by atoms with Gasteiger partial charge in [0.15, 0.2) is 0 Å². The van der Waals surface area contributed by atoms with Crippen LogP contribution in [0.4, 0.5) is 0 Å².